The summed E-state index contributed by atoms with van der Waals surface area (Å²) in [5.74, 6) is 0.965. The first-order chi connectivity index (χ1) is 9.88. The van der Waals surface area contributed by atoms with E-state index in [1.165, 1.54) is 0 Å². The van der Waals surface area contributed by atoms with Gasteiger partial charge in [-0.2, -0.15) is 0 Å². The second kappa shape index (κ2) is 6.43. The quantitative estimate of drug-likeness (QED) is 0.886. The highest BCUT2D eigenvalue weighted by Crippen LogP contribution is 2.20. The minimum atomic E-state index is -0.466. The molecular formula is C16H26N4O. The SMILES string of the molecule is CC(C)(C)[C@H](N)C(=O)NC1CCN(c2ccccn2)CC1. The van der Waals surface area contributed by atoms with E-state index < -0.39 is 6.04 Å². The molecule has 2 heterocycles. The molecule has 21 heavy (non-hydrogen) atoms. The molecule has 5 nitrogen and oxygen atoms in total. The van der Waals surface area contributed by atoms with Gasteiger partial charge in [0.2, 0.25) is 5.91 Å². The highest BCUT2D eigenvalue weighted by Gasteiger charge is 2.30. The van der Waals surface area contributed by atoms with Crippen LogP contribution in [-0.2, 0) is 4.79 Å². The maximum atomic E-state index is 12.1. The first-order valence-corrected chi connectivity index (χ1v) is 7.60. The first-order valence-electron chi connectivity index (χ1n) is 7.60. The third-order valence-electron chi connectivity index (χ3n) is 4.03. The Bertz CT molecular complexity index is 461. The summed E-state index contributed by atoms with van der Waals surface area (Å²) in [5.41, 5.74) is 5.79. The summed E-state index contributed by atoms with van der Waals surface area (Å²) in [4.78, 5) is 18.8. The normalized spacial score (nSPS) is 18.4. The maximum absolute atomic E-state index is 12.1. The smallest absolute Gasteiger partial charge is 0.237 e. The van der Waals surface area contributed by atoms with Crippen LogP contribution in [0.5, 0.6) is 0 Å². The number of pyridine rings is 1. The van der Waals surface area contributed by atoms with Gasteiger partial charge in [-0.1, -0.05) is 26.8 Å². The average molecular weight is 290 g/mol. The van der Waals surface area contributed by atoms with E-state index in [4.69, 9.17) is 5.73 Å². The second-order valence-electron chi connectivity index (χ2n) is 6.80. The van der Waals surface area contributed by atoms with Gasteiger partial charge >= 0.3 is 0 Å². The van der Waals surface area contributed by atoms with Gasteiger partial charge in [0.25, 0.3) is 0 Å². The van der Waals surface area contributed by atoms with E-state index in [-0.39, 0.29) is 17.4 Å². The van der Waals surface area contributed by atoms with Gasteiger partial charge in [0.05, 0.1) is 6.04 Å². The minimum absolute atomic E-state index is 0.0428. The van der Waals surface area contributed by atoms with Crippen molar-refractivity contribution in [1.29, 1.82) is 0 Å². The molecule has 0 saturated carbocycles. The van der Waals surface area contributed by atoms with Crippen molar-refractivity contribution in [2.45, 2.75) is 45.7 Å². The Morgan fingerprint density at radius 2 is 2.05 bits per heavy atom. The molecule has 0 aliphatic carbocycles. The van der Waals surface area contributed by atoms with E-state index in [1.807, 2.05) is 45.2 Å². The van der Waals surface area contributed by atoms with Crippen molar-refractivity contribution in [1.82, 2.24) is 10.3 Å². The van der Waals surface area contributed by atoms with Crippen LogP contribution in [0.2, 0.25) is 0 Å². The Kier molecular flexibility index (Phi) is 4.83. The summed E-state index contributed by atoms with van der Waals surface area (Å²) >= 11 is 0. The Balaban J connectivity index is 1.83. The van der Waals surface area contributed by atoms with E-state index in [9.17, 15) is 4.79 Å². The van der Waals surface area contributed by atoms with E-state index in [0.29, 0.717) is 0 Å². The van der Waals surface area contributed by atoms with Crippen molar-refractivity contribution in [2.75, 3.05) is 18.0 Å². The number of carbonyl (C=O) groups is 1. The number of piperidine rings is 1. The van der Waals surface area contributed by atoms with Gasteiger partial charge in [-0.3, -0.25) is 4.79 Å². The lowest BCUT2D eigenvalue weighted by Gasteiger charge is -2.34. The summed E-state index contributed by atoms with van der Waals surface area (Å²) in [5, 5.41) is 3.09. The van der Waals surface area contributed by atoms with Crippen LogP contribution in [-0.4, -0.2) is 36.1 Å². The molecule has 116 valence electrons. The van der Waals surface area contributed by atoms with Crippen molar-refractivity contribution in [2.24, 2.45) is 11.1 Å². The van der Waals surface area contributed by atoms with E-state index in [0.717, 1.165) is 31.7 Å². The molecule has 1 fully saturated rings. The molecule has 1 aliphatic rings. The zero-order valence-corrected chi connectivity index (χ0v) is 13.2. The molecule has 1 aromatic heterocycles. The van der Waals surface area contributed by atoms with Gasteiger partial charge in [0.15, 0.2) is 0 Å². The van der Waals surface area contributed by atoms with E-state index in [2.05, 4.69) is 15.2 Å². The van der Waals surface area contributed by atoms with Gasteiger partial charge in [0.1, 0.15) is 5.82 Å². The number of rotatable bonds is 3. The molecule has 1 aromatic rings. The largest absolute Gasteiger partial charge is 0.356 e. The summed E-state index contributed by atoms with van der Waals surface area (Å²) in [6.07, 6.45) is 3.67. The van der Waals surface area contributed by atoms with E-state index >= 15 is 0 Å². The Hall–Kier alpha value is -1.62. The van der Waals surface area contributed by atoms with Crippen molar-refractivity contribution in [3.8, 4) is 0 Å². The number of carbonyl (C=O) groups excluding carboxylic acids is 1. The van der Waals surface area contributed by atoms with Crippen LogP contribution in [0.1, 0.15) is 33.6 Å². The monoisotopic (exact) mass is 290 g/mol. The lowest BCUT2D eigenvalue weighted by atomic mass is 9.86. The first kappa shape index (κ1) is 15.8. The fourth-order valence-corrected chi connectivity index (χ4v) is 2.48. The summed E-state index contributed by atoms with van der Waals surface area (Å²) in [6.45, 7) is 7.78. The van der Waals surface area contributed by atoms with Crippen LogP contribution in [0, 0.1) is 5.41 Å². The second-order valence-corrected chi connectivity index (χ2v) is 6.80. The molecule has 0 bridgehead atoms. The number of hydrogen-bond donors (Lipinski definition) is 2. The molecular weight excluding hydrogens is 264 g/mol. The lowest BCUT2D eigenvalue weighted by molar-refractivity contribution is -0.125. The van der Waals surface area contributed by atoms with Crippen molar-refractivity contribution >= 4 is 11.7 Å². The number of anilines is 1. The fraction of sp³-hybridized carbons (Fsp3) is 0.625. The van der Waals surface area contributed by atoms with Crippen molar-refractivity contribution in [3.63, 3.8) is 0 Å². The number of nitrogens with zero attached hydrogens (tertiary/aromatic N) is 2. The minimum Gasteiger partial charge on any atom is -0.356 e. The average Bonchev–Trinajstić information content (AvgIpc) is 2.47. The molecule has 5 heteroatoms. The van der Waals surface area contributed by atoms with E-state index in [1.54, 1.807) is 0 Å². The van der Waals surface area contributed by atoms with Gasteiger partial charge in [-0.25, -0.2) is 4.98 Å². The molecule has 1 saturated heterocycles. The molecule has 1 aliphatic heterocycles. The number of aromatic nitrogens is 1. The molecule has 1 amide bonds. The fourth-order valence-electron chi connectivity index (χ4n) is 2.48. The van der Waals surface area contributed by atoms with Crippen LogP contribution < -0.4 is 16.0 Å². The molecule has 3 N–H and O–H groups in total. The Morgan fingerprint density at radius 3 is 2.57 bits per heavy atom. The van der Waals surface area contributed by atoms with Gasteiger partial charge in [0, 0.05) is 25.3 Å². The topological polar surface area (TPSA) is 71.2 Å². The van der Waals surface area contributed by atoms with Gasteiger partial charge in [-0.15, -0.1) is 0 Å². The van der Waals surface area contributed by atoms with Gasteiger partial charge < -0.3 is 16.0 Å². The van der Waals surface area contributed by atoms with Crippen molar-refractivity contribution in [3.05, 3.63) is 24.4 Å². The number of hydrogen-bond acceptors (Lipinski definition) is 4. The molecule has 2 rings (SSSR count). The zero-order chi connectivity index (χ0) is 15.5. The summed E-state index contributed by atoms with van der Waals surface area (Å²) in [6, 6.07) is 5.69. The van der Waals surface area contributed by atoms with Crippen LogP contribution in [0.15, 0.2) is 24.4 Å². The Labute approximate surface area is 126 Å². The third kappa shape index (κ3) is 4.17. The van der Waals surface area contributed by atoms with Crippen LogP contribution in [0.3, 0.4) is 0 Å². The highest BCUT2D eigenvalue weighted by molar-refractivity contribution is 5.82. The van der Waals surface area contributed by atoms with Crippen LogP contribution in [0.25, 0.3) is 0 Å². The van der Waals surface area contributed by atoms with Crippen LogP contribution >= 0.6 is 0 Å². The molecule has 0 aromatic carbocycles. The number of nitrogens with one attached hydrogen (secondary N) is 1. The summed E-state index contributed by atoms with van der Waals surface area (Å²) < 4.78 is 0. The molecule has 1 atom stereocenters. The lowest BCUT2D eigenvalue weighted by Crippen LogP contribution is -2.53. The van der Waals surface area contributed by atoms with Crippen molar-refractivity contribution < 1.29 is 4.79 Å². The zero-order valence-electron chi connectivity index (χ0n) is 13.2. The molecule has 0 spiro atoms. The van der Waals surface area contributed by atoms with Crippen LogP contribution in [0.4, 0.5) is 5.82 Å². The molecule has 0 unspecified atom stereocenters. The third-order valence-corrected chi connectivity index (χ3v) is 4.03. The number of nitrogens with two attached hydrogens (primary N) is 1. The van der Waals surface area contributed by atoms with Gasteiger partial charge in [-0.05, 0) is 30.4 Å². The number of amides is 1. The molecule has 0 radical (unpaired) electrons. The predicted molar refractivity (Wildman–Crippen MR) is 85.0 cm³/mol. The maximum Gasteiger partial charge on any atom is 0.237 e. The predicted octanol–water partition coefficient (Wildman–Crippen LogP) is 1.54. The Morgan fingerprint density at radius 1 is 1.38 bits per heavy atom. The summed E-state index contributed by atoms with van der Waals surface area (Å²) in [7, 11) is 0. The standard InChI is InChI=1S/C16H26N4O/c1-16(2,3)14(17)15(21)19-12-7-10-20(11-8-12)13-6-4-5-9-18-13/h4-6,9,12,14H,7-8,10-11,17H2,1-3H3,(H,19,21)/t14-/m1/s1. The highest BCUT2D eigenvalue weighted by atomic mass is 16.2.